The number of hydrogen-bond acceptors (Lipinski definition) is 5. The summed E-state index contributed by atoms with van der Waals surface area (Å²) in [5.41, 5.74) is 0.476. The van der Waals surface area contributed by atoms with Crippen molar-refractivity contribution in [1.82, 2.24) is 10.2 Å². The van der Waals surface area contributed by atoms with Gasteiger partial charge in [-0.25, -0.2) is 9.59 Å². The molecule has 1 rings (SSSR count). The van der Waals surface area contributed by atoms with E-state index in [-0.39, 0.29) is 18.7 Å². The van der Waals surface area contributed by atoms with Crippen LogP contribution >= 0.6 is 0 Å². The van der Waals surface area contributed by atoms with Gasteiger partial charge in [-0.2, -0.15) is 0 Å². The molecular weight excluding hydrogens is 360 g/mol. The van der Waals surface area contributed by atoms with E-state index in [0.29, 0.717) is 13.1 Å². The molecule has 0 aromatic heterocycles. The number of likely N-dealkylation sites (N-methyl/N-ethyl adjacent to an activating group) is 1. The van der Waals surface area contributed by atoms with E-state index >= 15 is 0 Å². The average molecular weight is 392 g/mol. The van der Waals surface area contributed by atoms with Gasteiger partial charge in [0.15, 0.2) is 0 Å². The van der Waals surface area contributed by atoms with Crippen molar-refractivity contribution >= 4 is 18.0 Å². The first kappa shape index (κ1) is 23.5. The van der Waals surface area contributed by atoms with Crippen LogP contribution in [0.25, 0.3) is 0 Å². The lowest BCUT2D eigenvalue weighted by molar-refractivity contribution is -0.143. The number of rotatable bonds is 9. The van der Waals surface area contributed by atoms with Crippen LogP contribution in [-0.2, 0) is 25.5 Å². The van der Waals surface area contributed by atoms with E-state index in [1.165, 1.54) is 7.11 Å². The summed E-state index contributed by atoms with van der Waals surface area (Å²) in [5.74, 6) is -0.677. The third kappa shape index (κ3) is 8.88. The van der Waals surface area contributed by atoms with E-state index in [9.17, 15) is 14.4 Å². The molecule has 0 radical (unpaired) electrons. The lowest BCUT2D eigenvalue weighted by Gasteiger charge is -2.24. The van der Waals surface area contributed by atoms with Gasteiger partial charge >= 0.3 is 12.1 Å². The van der Waals surface area contributed by atoms with E-state index in [2.05, 4.69) is 5.32 Å². The summed E-state index contributed by atoms with van der Waals surface area (Å²) in [6.07, 6.45) is 0.314. The maximum atomic E-state index is 12.6. The molecule has 0 bridgehead atoms. The second kappa shape index (κ2) is 11.3. The molecule has 0 spiro atoms. The van der Waals surface area contributed by atoms with E-state index < -0.39 is 23.7 Å². The standard InChI is InChI=1S/C21H32N2O5/c1-6-23(15-14-16-10-8-7-9-11-16)18(24)13-12-17(19(25)27-5)22-20(26)28-21(2,3)4/h7-11,17H,6,12-15H2,1-5H3,(H,22,26). The van der Waals surface area contributed by atoms with Gasteiger partial charge in [-0.15, -0.1) is 0 Å². The number of hydrogen-bond donors (Lipinski definition) is 1. The van der Waals surface area contributed by atoms with Crippen molar-refractivity contribution in [2.24, 2.45) is 0 Å². The number of carbonyl (C=O) groups excluding carboxylic acids is 3. The topological polar surface area (TPSA) is 84.9 Å². The summed E-state index contributed by atoms with van der Waals surface area (Å²) in [5, 5.41) is 2.49. The van der Waals surface area contributed by atoms with Crippen molar-refractivity contribution < 1.29 is 23.9 Å². The van der Waals surface area contributed by atoms with E-state index in [4.69, 9.17) is 9.47 Å². The zero-order chi connectivity index (χ0) is 21.2. The fourth-order valence-electron chi connectivity index (χ4n) is 2.63. The number of nitrogens with one attached hydrogen (secondary N) is 1. The monoisotopic (exact) mass is 392 g/mol. The van der Waals surface area contributed by atoms with Gasteiger partial charge in [0.1, 0.15) is 11.6 Å². The molecule has 0 saturated heterocycles. The van der Waals surface area contributed by atoms with Crippen LogP contribution in [0.5, 0.6) is 0 Å². The van der Waals surface area contributed by atoms with E-state index in [1.54, 1.807) is 25.7 Å². The van der Waals surface area contributed by atoms with Crippen molar-refractivity contribution in [3.8, 4) is 0 Å². The molecule has 1 aromatic carbocycles. The van der Waals surface area contributed by atoms with Crippen LogP contribution in [0.2, 0.25) is 0 Å². The average Bonchev–Trinajstić information content (AvgIpc) is 2.64. The van der Waals surface area contributed by atoms with Crippen LogP contribution in [0.4, 0.5) is 4.79 Å². The number of ether oxygens (including phenoxy) is 2. The summed E-state index contributed by atoms with van der Waals surface area (Å²) in [6, 6.07) is 9.01. The predicted octanol–water partition coefficient (Wildman–Crippen LogP) is 2.92. The number of methoxy groups -OCH3 is 1. The van der Waals surface area contributed by atoms with Gasteiger partial charge in [0.2, 0.25) is 5.91 Å². The maximum absolute atomic E-state index is 12.6. The summed E-state index contributed by atoms with van der Waals surface area (Å²) in [7, 11) is 1.24. The first-order valence-corrected chi connectivity index (χ1v) is 9.55. The molecule has 0 aliphatic heterocycles. The quantitative estimate of drug-likeness (QED) is 0.653. The van der Waals surface area contributed by atoms with Crippen molar-refractivity contribution in [1.29, 1.82) is 0 Å². The number of nitrogens with zero attached hydrogens (tertiary/aromatic N) is 1. The van der Waals surface area contributed by atoms with Crippen LogP contribution in [0, 0.1) is 0 Å². The van der Waals surface area contributed by atoms with Crippen molar-refractivity contribution in [2.75, 3.05) is 20.2 Å². The minimum Gasteiger partial charge on any atom is -0.467 e. The number of esters is 1. The Bertz CT molecular complexity index is 640. The largest absolute Gasteiger partial charge is 0.467 e. The minimum absolute atomic E-state index is 0.0710. The van der Waals surface area contributed by atoms with E-state index in [1.807, 2.05) is 37.3 Å². The van der Waals surface area contributed by atoms with Gasteiger partial charge in [-0.1, -0.05) is 30.3 Å². The Morgan fingerprint density at radius 3 is 2.32 bits per heavy atom. The van der Waals surface area contributed by atoms with Gasteiger partial charge in [-0.3, -0.25) is 4.79 Å². The molecule has 2 amide bonds. The molecule has 7 heteroatoms. The highest BCUT2D eigenvalue weighted by molar-refractivity contribution is 5.83. The fourth-order valence-corrected chi connectivity index (χ4v) is 2.63. The zero-order valence-electron chi connectivity index (χ0n) is 17.5. The molecular formula is C21H32N2O5. The van der Waals surface area contributed by atoms with Gasteiger partial charge in [-0.05, 0) is 46.1 Å². The lowest BCUT2D eigenvalue weighted by Crippen LogP contribution is -2.44. The molecule has 7 nitrogen and oxygen atoms in total. The molecule has 1 N–H and O–H groups in total. The maximum Gasteiger partial charge on any atom is 0.408 e. The van der Waals surface area contributed by atoms with Gasteiger partial charge < -0.3 is 19.7 Å². The minimum atomic E-state index is -0.934. The smallest absolute Gasteiger partial charge is 0.408 e. The van der Waals surface area contributed by atoms with Crippen molar-refractivity contribution in [3.05, 3.63) is 35.9 Å². The molecule has 0 aliphatic rings. The third-order valence-corrected chi connectivity index (χ3v) is 4.07. The van der Waals surface area contributed by atoms with Gasteiger partial charge in [0, 0.05) is 19.5 Å². The molecule has 0 heterocycles. The Labute approximate surface area is 167 Å². The van der Waals surface area contributed by atoms with Crippen LogP contribution in [0.15, 0.2) is 30.3 Å². The molecule has 0 aliphatic carbocycles. The zero-order valence-corrected chi connectivity index (χ0v) is 17.5. The highest BCUT2D eigenvalue weighted by Crippen LogP contribution is 2.10. The molecule has 1 atom stereocenters. The first-order valence-electron chi connectivity index (χ1n) is 9.55. The van der Waals surface area contributed by atoms with Crippen molar-refractivity contribution in [2.45, 2.75) is 58.6 Å². The molecule has 1 unspecified atom stereocenters. The Kier molecular flexibility index (Phi) is 9.48. The fraction of sp³-hybridized carbons (Fsp3) is 0.571. The SMILES string of the molecule is CCN(CCc1ccccc1)C(=O)CCC(NC(=O)OC(C)(C)C)C(=O)OC. The second-order valence-electron chi connectivity index (χ2n) is 7.47. The predicted molar refractivity (Wildman–Crippen MR) is 107 cm³/mol. The molecule has 1 aromatic rings. The van der Waals surface area contributed by atoms with E-state index in [0.717, 1.165) is 12.0 Å². The number of benzene rings is 1. The second-order valence-corrected chi connectivity index (χ2v) is 7.47. The normalized spacial score (nSPS) is 12.0. The lowest BCUT2D eigenvalue weighted by atomic mass is 10.1. The van der Waals surface area contributed by atoms with Crippen LogP contribution < -0.4 is 5.32 Å². The summed E-state index contributed by atoms with van der Waals surface area (Å²) >= 11 is 0. The van der Waals surface area contributed by atoms with Crippen molar-refractivity contribution in [3.63, 3.8) is 0 Å². The summed E-state index contributed by atoms with van der Waals surface area (Å²) in [6.45, 7) is 8.29. The van der Waals surface area contributed by atoms with Crippen LogP contribution in [0.1, 0.15) is 46.1 Å². The Morgan fingerprint density at radius 1 is 1.14 bits per heavy atom. The number of alkyl carbamates (subject to hydrolysis) is 1. The Morgan fingerprint density at radius 2 is 1.79 bits per heavy atom. The third-order valence-electron chi connectivity index (χ3n) is 4.07. The summed E-state index contributed by atoms with van der Waals surface area (Å²) in [4.78, 5) is 38.2. The summed E-state index contributed by atoms with van der Waals surface area (Å²) < 4.78 is 9.91. The van der Waals surface area contributed by atoms with Gasteiger partial charge in [0.05, 0.1) is 7.11 Å². The first-order chi connectivity index (χ1) is 13.2. The Hall–Kier alpha value is -2.57. The molecule has 0 saturated carbocycles. The van der Waals surface area contributed by atoms with Gasteiger partial charge in [0.25, 0.3) is 0 Å². The van der Waals surface area contributed by atoms with Crippen LogP contribution in [-0.4, -0.2) is 54.7 Å². The Balaban J connectivity index is 2.59. The molecule has 28 heavy (non-hydrogen) atoms. The molecule has 0 fully saturated rings. The number of carbonyl (C=O) groups is 3. The molecule has 156 valence electrons. The van der Waals surface area contributed by atoms with Crippen LogP contribution in [0.3, 0.4) is 0 Å². The highest BCUT2D eigenvalue weighted by Gasteiger charge is 2.26. The number of amides is 2. The highest BCUT2D eigenvalue weighted by atomic mass is 16.6.